The second-order valence-electron chi connectivity index (χ2n) is 9.52. The Kier molecular flexibility index (Phi) is 10.1. The third-order valence-corrected chi connectivity index (χ3v) is 8.40. The van der Waals surface area contributed by atoms with Crippen LogP contribution in [0.5, 0.6) is 5.75 Å². The molecule has 2 amide bonds. The van der Waals surface area contributed by atoms with Crippen LogP contribution in [0.25, 0.3) is 0 Å². The summed E-state index contributed by atoms with van der Waals surface area (Å²) in [6, 6.07) is 21.2. The number of methoxy groups -OCH3 is 1. The van der Waals surface area contributed by atoms with Gasteiger partial charge in [-0.2, -0.15) is 0 Å². The second kappa shape index (κ2) is 13.3. The number of nitrogens with zero attached hydrogens (tertiary/aromatic N) is 2. The molecule has 0 spiro atoms. The fraction of sp³-hybridized carbons (Fsp3) is 0.333. The van der Waals surface area contributed by atoms with E-state index in [1.807, 2.05) is 45.0 Å². The average Bonchev–Trinajstić information content (AvgIpc) is 2.95. The van der Waals surface area contributed by atoms with Crippen molar-refractivity contribution in [2.75, 3.05) is 18.0 Å². The van der Waals surface area contributed by atoms with Crippen molar-refractivity contribution < 1.29 is 22.7 Å². The number of anilines is 1. The molecule has 8 nitrogen and oxygen atoms in total. The molecule has 2 atom stereocenters. The lowest BCUT2D eigenvalue weighted by Crippen LogP contribution is -2.52. The van der Waals surface area contributed by atoms with Crippen LogP contribution >= 0.6 is 0 Å². The minimum Gasteiger partial charge on any atom is -0.497 e. The molecule has 0 aliphatic carbocycles. The molecule has 0 aliphatic rings. The standard InChI is InChI=1S/C30H37N3O5S/c1-6-23(3)31-30(35)24(4)32(20-25-14-12-22(2)13-15-25)29(34)21-33(26-16-18-27(38-5)19-17-26)39(36,37)28-10-8-7-9-11-28/h7-19,23-24H,6,20-21H2,1-5H3,(H,31,35). The minimum atomic E-state index is -4.11. The zero-order valence-electron chi connectivity index (χ0n) is 23.1. The van der Waals surface area contributed by atoms with Crippen LogP contribution in [0, 0.1) is 6.92 Å². The van der Waals surface area contributed by atoms with Gasteiger partial charge < -0.3 is 15.0 Å². The molecule has 9 heteroatoms. The molecule has 3 aromatic carbocycles. The van der Waals surface area contributed by atoms with Crippen LogP contribution in [0.15, 0.2) is 83.8 Å². The van der Waals surface area contributed by atoms with Gasteiger partial charge in [0, 0.05) is 12.6 Å². The molecule has 0 fully saturated rings. The number of hydrogen-bond acceptors (Lipinski definition) is 5. The van der Waals surface area contributed by atoms with Gasteiger partial charge in [0.25, 0.3) is 10.0 Å². The van der Waals surface area contributed by atoms with Gasteiger partial charge in [0.05, 0.1) is 17.7 Å². The summed E-state index contributed by atoms with van der Waals surface area (Å²) < 4.78 is 33.8. The molecule has 0 aromatic heterocycles. The van der Waals surface area contributed by atoms with E-state index >= 15 is 0 Å². The number of sulfonamides is 1. The number of rotatable bonds is 12. The van der Waals surface area contributed by atoms with E-state index in [1.54, 1.807) is 49.4 Å². The van der Waals surface area contributed by atoms with Crippen molar-refractivity contribution in [3.63, 3.8) is 0 Å². The Morgan fingerprint density at radius 3 is 2.10 bits per heavy atom. The van der Waals surface area contributed by atoms with Crippen LogP contribution < -0.4 is 14.4 Å². The van der Waals surface area contributed by atoms with Crippen molar-refractivity contribution in [1.29, 1.82) is 0 Å². The van der Waals surface area contributed by atoms with Gasteiger partial charge in [-0.15, -0.1) is 0 Å². The number of carbonyl (C=O) groups is 2. The summed E-state index contributed by atoms with van der Waals surface area (Å²) in [5.74, 6) is -0.247. The first kappa shape index (κ1) is 29.7. The summed E-state index contributed by atoms with van der Waals surface area (Å²) in [5, 5.41) is 2.93. The highest BCUT2D eigenvalue weighted by atomic mass is 32.2. The van der Waals surface area contributed by atoms with E-state index in [0.717, 1.165) is 21.9 Å². The number of hydrogen-bond donors (Lipinski definition) is 1. The molecule has 0 bridgehead atoms. The molecular weight excluding hydrogens is 514 g/mol. The molecule has 208 valence electrons. The first-order chi connectivity index (χ1) is 18.6. The van der Waals surface area contributed by atoms with Gasteiger partial charge in [-0.3, -0.25) is 13.9 Å². The maximum Gasteiger partial charge on any atom is 0.264 e. The lowest BCUT2D eigenvalue weighted by Gasteiger charge is -2.32. The summed E-state index contributed by atoms with van der Waals surface area (Å²) in [6.07, 6.45) is 0.741. The van der Waals surface area contributed by atoms with Gasteiger partial charge >= 0.3 is 0 Å². The molecule has 0 saturated carbocycles. The number of nitrogens with one attached hydrogen (secondary N) is 1. The number of carbonyl (C=O) groups excluding carboxylic acids is 2. The molecule has 39 heavy (non-hydrogen) atoms. The van der Waals surface area contributed by atoms with Crippen molar-refractivity contribution in [3.8, 4) is 5.75 Å². The van der Waals surface area contributed by atoms with Gasteiger partial charge in [0.15, 0.2) is 0 Å². The minimum absolute atomic E-state index is 0.0567. The highest BCUT2D eigenvalue weighted by Crippen LogP contribution is 2.26. The van der Waals surface area contributed by atoms with Crippen molar-refractivity contribution in [3.05, 3.63) is 90.0 Å². The average molecular weight is 552 g/mol. The quantitative estimate of drug-likeness (QED) is 0.357. The maximum absolute atomic E-state index is 13.9. The first-order valence-corrected chi connectivity index (χ1v) is 14.4. The van der Waals surface area contributed by atoms with Crippen LogP contribution in [-0.2, 0) is 26.2 Å². The van der Waals surface area contributed by atoms with Crippen LogP contribution in [0.3, 0.4) is 0 Å². The van der Waals surface area contributed by atoms with Crippen molar-refractivity contribution in [2.45, 2.75) is 57.6 Å². The van der Waals surface area contributed by atoms with Gasteiger partial charge in [-0.25, -0.2) is 8.42 Å². The molecule has 3 aromatic rings. The second-order valence-corrected chi connectivity index (χ2v) is 11.4. The van der Waals surface area contributed by atoms with E-state index in [-0.39, 0.29) is 23.4 Å². The third-order valence-electron chi connectivity index (χ3n) is 6.61. The monoisotopic (exact) mass is 551 g/mol. The lowest BCUT2D eigenvalue weighted by atomic mass is 10.1. The highest BCUT2D eigenvalue weighted by Gasteiger charge is 2.32. The largest absolute Gasteiger partial charge is 0.497 e. The summed E-state index contributed by atoms with van der Waals surface area (Å²) in [4.78, 5) is 28.5. The van der Waals surface area contributed by atoms with Crippen molar-refractivity contribution >= 4 is 27.5 Å². The van der Waals surface area contributed by atoms with Crippen LogP contribution in [0.4, 0.5) is 5.69 Å². The Morgan fingerprint density at radius 2 is 1.54 bits per heavy atom. The van der Waals surface area contributed by atoms with E-state index in [2.05, 4.69) is 5.32 Å². The van der Waals surface area contributed by atoms with E-state index in [1.165, 1.54) is 24.1 Å². The molecule has 0 saturated heterocycles. The molecule has 3 rings (SSSR count). The van der Waals surface area contributed by atoms with Gasteiger partial charge in [-0.05, 0) is 69.2 Å². The molecule has 0 radical (unpaired) electrons. The van der Waals surface area contributed by atoms with E-state index < -0.39 is 28.5 Å². The normalized spacial score (nSPS) is 12.7. The topological polar surface area (TPSA) is 96.0 Å². The Hall–Kier alpha value is -3.85. The Bertz CT molecular complexity index is 1340. The molecule has 2 unspecified atom stereocenters. The summed E-state index contributed by atoms with van der Waals surface area (Å²) in [6.45, 7) is 7.15. The fourth-order valence-electron chi connectivity index (χ4n) is 3.94. The summed E-state index contributed by atoms with van der Waals surface area (Å²) in [5.41, 5.74) is 2.21. The summed E-state index contributed by atoms with van der Waals surface area (Å²) in [7, 11) is -2.59. The van der Waals surface area contributed by atoms with Crippen molar-refractivity contribution in [2.24, 2.45) is 0 Å². The Labute approximate surface area is 231 Å². The number of aryl methyl sites for hydroxylation is 1. The summed E-state index contributed by atoms with van der Waals surface area (Å²) >= 11 is 0. The van der Waals surface area contributed by atoms with Gasteiger partial charge in [-0.1, -0.05) is 55.0 Å². The Balaban J connectivity index is 2.01. The van der Waals surface area contributed by atoms with Gasteiger partial charge in [0.2, 0.25) is 11.8 Å². The van der Waals surface area contributed by atoms with Crippen LogP contribution in [0.1, 0.15) is 38.3 Å². The smallest absolute Gasteiger partial charge is 0.264 e. The van der Waals surface area contributed by atoms with E-state index in [9.17, 15) is 18.0 Å². The number of amides is 2. The first-order valence-electron chi connectivity index (χ1n) is 12.9. The highest BCUT2D eigenvalue weighted by molar-refractivity contribution is 7.92. The molecular formula is C30H37N3O5S. The van der Waals surface area contributed by atoms with Crippen LogP contribution in [-0.4, -0.2) is 50.9 Å². The molecule has 1 N–H and O–H groups in total. The van der Waals surface area contributed by atoms with Crippen LogP contribution in [0.2, 0.25) is 0 Å². The molecule has 0 aliphatic heterocycles. The van der Waals surface area contributed by atoms with E-state index in [4.69, 9.17) is 4.74 Å². The van der Waals surface area contributed by atoms with Crippen molar-refractivity contribution in [1.82, 2.24) is 10.2 Å². The third kappa shape index (κ3) is 7.60. The number of ether oxygens (including phenoxy) is 1. The predicted molar refractivity (Wildman–Crippen MR) is 153 cm³/mol. The van der Waals surface area contributed by atoms with Gasteiger partial charge in [0.1, 0.15) is 18.3 Å². The zero-order valence-corrected chi connectivity index (χ0v) is 23.9. The van der Waals surface area contributed by atoms with E-state index in [0.29, 0.717) is 11.4 Å². The maximum atomic E-state index is 13.9. The molecule has 0 heterocycles. The zero-order chi connectivity index (χ0) is 28.6. The predicted octanol–water partition coefficient (Wildman–Crippen LogP) is 4.53. The number of benzene rings is 3. The SMILES string of the molecule is CCC(C)NC(=O)C(C)N(Cc1ccc(C)cc1)C(=O)CN(c1ccc(OC)cc1)S(=O)(=O)c1ccccc1. The lowest BCUT2D eigenvalue weighted by molar-refractivity contribution is -0.139. The Morgan fingerprint density at radius 1 is 0.923 bits per heavy atom. The fourth-order valence-corrected chi connectivity index (χ4v) is 5.37.